The fourth-order valence-electron chi connectivity index (χ4n) is 3.53. The Hall–Kier alpha value is -3.21. The number of nitriles is 1. The molecule has 1 aliphatic heterocycles. The van der Waals surface area contributed by atoms with E-state index < -0.39 is 29.3 Å². The summed E-state index contributed by atoms with van der Waals surface area (Å²) in [6.07, 6.45) is -0.0541. The second kappa shape index (κ2) is 8.43. The van der Waals surface area contributed by atoms with E-state index in [0.717, 1.165) is 17.7 Å². The van der Waals surface area contributed by atoms with Crippen molar-refractivity contribution < 1.29 is 27.4 Å². The number of ether oxygens (including phenoxy) is 2. The van der Waals surface area contributed by atoms with Crippen molar-refractivity contribution in [3.8, 4) is 17.6 Å². The van der Waals surface area contributed by atoms with E-state index in [1.54, 1.807) is 18.2 Å². The van der Waals surface area contributed by atoms with Crippen molar-refractivity contribution in [1.82, 2.24) is 4.90 Å². The van der Waals surface area contributed by atoms with Crippen LogP contribution in [0.3, 0.4) is 0 Å². The zero-order valence-corrected chi connectivity index (χ0v) is 15.9. The summed E-state index contributed by atoms with van der Waals surface area (Å²) in [4.78, 5) is 14.4. The minimum atomic E-state index is -1.56. The van der Waals surface area contributed by atoms with Gasteiger partial charge in [0.2, 0.25) is 5.91 Å². The van der Waals surface area contributed by atoms with Crippen molar-refractivity contribution in [1.29, 1.82) is 5.26 Å². The highest BCUT2D eigenvalue weighted by Gasteiger charge is 2.40. The molecule has 1 saturated heterocycles. The number of hydrogen-bond donors (Lipinski definition) is 0. The van der Waals surface area contributed by atoms with Crippen LogP contribution in [0.1, 0.15) is 11.1 Å². The number of carbonyl (C=O) groups excluding carboxylic acids is 1. The molecule has 0 aliphatic carbocycles. The van der Waals surface area contributed by atoms with Crippen molar-refractivity contribution in [2.75, 3.05) is 20.8 Å². The van der Waals surface area contributed by atoms with E-state index in [9.17, 15) is 23.2 Å². The Morgan fingerprint density at radius 1 is 1.14 bits per heavy atom. The minimum absolute atomic E-state index is 0.0541. The quantitative estimate of drug-likeness (QED) is 0.692. The van der Waals surface area contributed by atoms with E-state index in [2.05, 4.69) is 6.07 Å². The maximum absolute atomic E-state index is 13.5. The van der Waals surface area contributed by atoms with Gasteiger partial charge in [0.1, 0.15) is 11.5 Å². The lowest BCUT2D eigenvalue weighted by Gasteiger charge is -2.19. The van der Waals surface area contributed by atoms with Gasteiger partial charge in [-0.25, -0.2) is 13.2 Å². The molecule has 1 aliphatic rings. The molecule has 1 fully saturated rings. The Kier molecular flexibility index (Phi) is 5.97. The zero-order chi connectivity index (χ0) is 21.1. The van der Waals surface area contributed by atoms with Crippen molar-refractivity contribution >= 4 is 5.91 Å². The molecule has 1 amide bonds. The van der Waals surface area contributed by atoms with Gasteiger partial charge in [0, 0.05) is 24.7 Å². The van der Waals surface area contributed by atoms with Crippen molar-refractivity contribution in [2.45, 2.75) is 13.0 Å². The lowest BCUT2D eigenvalue weighted by atomic mass is 9.90. The van der Waals surface area contributed by atoms with E-state index in [-0.39, 0.29) is 31.0 Å². The predicted octanol–water partition coefficient (Wildman–Crippen LogP) is 3.46. The average molecular weight is 404 g/mol. The summed E-state index contributed by atoms with van der Waals surface area (Å²) in [5.74, 6) is -4.78. The average Bonchev–Trinajstić information content (AvgIpc) is 3.01. The van der Waals surface area contributed by atoms with Crippen LogP contribution in [0.25, 0.3) is 0 Å². The highest BCUT2D eigenvalue weighted by molar-refractivity contribution is 5.82. The van der Waals surface area contributed by atoms with E-state index in [1.165, 1.54) is 19.1 Å². The molecule has 29 heavy (non-hydrogen) atoms. The number of halogens is 3. The molecule has 0 bridgehead atoms. The fraction of sp³-hybridized carbons (Fsp3) is 0.333. The number of nitrogens with zero attached hydrogens (tertiary/aromatic N) is 2. The molecule has 0 radical (unpaired) electrons. The first-order valence-corrected chi connectivity index (χ1v) is 8.90. The smallest absolute Gasteiger partial charge is 0.227 e. The van der Waals surface area contributed by atoms with Gasteiger partial charge in [-0.15, -0.1) is 0 Å². The Morgan fingerprint density at radius 3 is 2.41 bits per heavy atom. The first-order chi connectivity index (χ1) is 13.9. The second-order valence-electron chi connectivity index (χ2n) is 6.82. The van der Waals surface area contributed by atoms with Gasteiger partial charge in [-0.2, -0.15) is 5.26 Å². The highest BCUT2D eigenvalue weighted by Crippen LogP contribution is 2.32. The number of likely N-dealkylation sites (tertiary alicyclic amines) is 1. The zero-order valence-electron chi connectivity index (χ0n) is 15.9. The van der Waals surface area contributed by atoms with Crippen LogP contribution in [0.2, 0.25) is 0 Å². The van der Waals surface area contributed by atoms with E-state index >= 15 is 0 Å². The summed E-state index contributed by atoms with van der Waals surface area (Å²) in [7, 11) is 3.03. The van der Waals surface area contributed by atoms with Gasteiger partial charge < -0.3 is 14.4 Å². The van der Waals surface area contributed by atoms with Crippen LogP contribution in [0.4, 0.5) is 13.2 Å². The van der Waals surface area contributed by atoms with Crippen molar-refractivity contribution in [2.24, 2.45) is 11.8 Å². The topological polar surface area (TPSA) is 62.6 Å². The Balaban J connectivity index is 1.81. The lowest BCUT2D eigenvalue weighted by molar-refractivity contribution is -0.131. The van der Waals surface area contributed by atoms with Crippen molar-refractivity contribution in [3.05, 3.63) is 58.9 Å². The number of methoxy groups -OCH3 is 2. The molecule has 3 rings (SSSR count). The molecular formula is C21H19F3N2O3. The van der Waals surface area contributed by atoms with Gasteiger partial charge in [-0.05, 0) is 36.2 Å². The molecule has 0 aromatic heterocycles. The van der Waals surface area contributed by atoms with Crippen LogP contribution in [0, 0.1) is 40.6 Å². The van der Waals surface area contributed by atoms with Crippen LogP contribution in [0.5, 0.6) is 11.5 Å². The van der Waals surface area contributed by atoms with Gasteiger partial charge >= 0.3 is 0 Å². The predicted molar refractivity (Wildman–Crippen MR) is 97.6 cm³/mol. The standard InChI is InChI=1S/C21H19F3N2O3/c1-28-15-4-3-13(19(8-15)29-2)10-26-11-14(9-25)16(21(26)27)5-12-6-17(22)20(24)18(23)7-12/h3-4,6-8,14,16H,5,10-11H2,1-2H3. The number of carbonyl (C=O) groups is 1. The third-order valence-corrected chi connectivity index (χ3v) is 5.05. The monoisotopic (exact) mass is 404 g/mol. The largest absolute Gasteiger partial charge is 0.497 e. The van der Waals surface area contributed by atoms with E-state index in [0.29, 0.717) is 11.5 Å². The van der Waals surface area contributed by atoms with Gasteiger partial charge in [-0.1, -0.05) is 0 Å². The summed E-state index contributed by atoms with van der Waals surface area (Å²) in [6.45, 7) is 0.397. The summed E-state index contributed by atoms with van der Waals surface area (Å²) in [6, 6.07) is 9.01. The Bertz CT molecular complexity index is 951. The maximum Gasteiger partial charge on any atom is 0.227 e. The highest BCUT2D eigenvalue weighted by atomic mass is 19.2. The lowest BCUT2D eigenvalue weighted by Crippen LogP contribution is -2.27. The maximum atomic E-state index is 13.5. The van der Waals surface area contributed by atoms with Crippen LogP contribution in [-0.4, -0.2) is 31.6 Å². The van der Waals surface area contributed by atoms with Gasteiger partial charge in [0.25, 0.3) is 0 Å². The first kappa shape index (κ1) is 20.5. The van der Waals surface area contributed by atoms with Gasteiger partial charge in [0.05, 0.1) is 32.1 Å². The molecule has 2 aromatic rings. The molecule has 0 N–H and O–H groups in total. The van der Waals surface area contributed by atoms with E-state index in [1.807, 2.05) is 0 Å². The number of amides is 1. The molecule has 2 atom stereocenters. The molecule has 1 heterocycles. The molecule has 2 aromatic carbocycles. The minimum Gasteiger partial charge on any atom is -0.497 e. The van der Waals surface area contributed by atoms with Gasteiger partial charge in [-0.3, -0.25) is 4.79 Å². The summed E-state index contributed by atoms with van der Waals surface area (Å²) in [5.41, 5.74) is 0.863. The normalized spacial score (nSPS) is 18.6. The molecule has 152 valence electrons. The van der Waals surface area contributed by atoms with Crippen LogP contribution in [0.15, 0.2) is 30.3 Å². The Morgan fingerprint density at radius 2 is 1.83 bits per heavy atom. The summed E-state index contributed by atoms with van der Waals surface area (Å²) in [5, 5.41) is 9.46. The van der Waals surface area contributed by atoms with Gasteiger partial charge in [0.15, 0.2) is 17.5 Å². The molecular weight excluding hydrogens is 385 g/mol. The first-order valence-electron chi connectivity index (χ1n) is 8.90. The molecule has 5 nitrogen and oxygen atoms in total. The van der Waals surface area contributed by atoms with E-state index in [4.69, 9.17) is 9.47 Å². The number of benzene rings is 2. The van der Waals surface area contributed by atoms with Crippen LogP contribution >= 0.6 is 0 Å². The Labute approximate surface area is 166 Å². The SMILES string of the molecule is COc1ccc(CN2CC(C#N)C(Cc3cc(F)c(F)c(F)c3)C2=O)c(OC)c1. The molecule has 2 unspecified atom stereocenters. The number of hydrogen-bond acceptors (Lipinski definition) is 4. The second-order valence-corrected chi connectivity index (χ2v) is 6.82. The molecule has 8 heteroatoms. The third kappa shape index (κ3) is 4.14. The third-order valence-electron chi connectivity index (χ3n) is 5.05. The fourth-order valence-corrected chi connectivity index (χ4v) is 3.53. The number of rotatable bonds is 6. The molecule has 0 spiro atoms. The molecule has 0 saturated carbocycles. The summed E-state index contributed by atoms with van der Waals surface area (Å²) >= 11 is 0. The van der Waals surface area contributed by atoms with Crippen molar-refractivity contribution in [3.63, 3.8) is 0 Å². The van der Waals surface area contributed by atoms with Crippen LogP contribution < -0.4 is 9.47 Å². The summed E-state index contributed by atoms with van der Waals surface area (Å²) < 4.78 is 50.7. The van der Waals surface area contributed by atoms with Crippen LogP contribution in [-0.2, 0) is 17.8 Å².